The molecular formula is C25H35N3O6. The lowest BCUT2D eigenvalue weighted by molar-refractivity contribution is -0.146. The summed E-state index contributed by atoms with van der Waals surface area (Å²) >= 11 is 0. The number of carbonyl (C=O) groups is 3. The summed E-state index contributed by atoms with van der Waals surface area (Å²) in [6.45, 7) is 9.63. The van der Waals surface area contributed by atoms with Crippen LogP contribution in [0.1, 0.15) is 47.5 Å². The molecule has 9 nitrogen and oxygen atoms in total. The van der Waals surface area contributed by atoms with Crippen molar-refractivity contribution in [2.45, 2.75) is 70.2 Å². The number of fused-ring (bicyclic) bond motifs is 1. The summed E-state index contributed by atoms with van der Waals surface area (Å²) < 4.78 is 12.0. The van der Waals surface area contributed by atoms with E-state index in [0.717, 1.165) is 0 Å². The van der Waals surface area contributed by atoms with E-state index in [1.165, 1.54) is 4.90 Å². The first kappa shape index (κ1) is 24.5. The van der Waals surface area contributed by atoms with E-state index < -0.39 is 34.6 Å². The van der Waals surface area contributed by atoms with Crippen molar-refractivity contribution in [3.8, 4) is 5.75 Å². The van der Waals surface area contributed by atoms with Crippen LogP contribution in [-0.2, 0) is 19.1 Å². The van der Waals surface area contributed by atoms with Gasteiger partial charge >= 0.3 is 0 Å². The number of hydrogen-bond donors (Lipinski definition) is 3. The van der Waals surface area contributed by atoms with E-state index in [0.29, 0.717) is 30.9 Å². The van der Waals surface area contributed by atoms with Crippen molar-refractivity contribution in [3.63, 3.8) is 0 Å². The molecule has 34 heavy (non-hydrogen) atoms. The second-order valence-electron chi connectivity index (χ2n) is 10.7. The molecule has 9 heteroatoms. The second-order valence-corrected chi connectivity index (χ2v) is 10.7. The third-order valence-corrected chi connectivity index (χ3v) is 7.08. The number of benzene rings is 1. The Morgan fingerprint density at radius 2 is 1.88 bits per heavy atom. The Labute approximate surface area is 200 Å². The van der Waals surface area contributed by atoms with Crippen LogP contribution < -0.4 is 15.4 Å². The summed E-state index contributed by atoms with van der Waals surface area (Å²) in [5, 5.41) is 15.5. The van der Waals surface area contributed by atoms with Crippen molar-refractivity contribution in [3.05, 3.63) is 24.3 Å². The molecule has 3 amide bonds. The van der Waals surface area contributed by atoms with Gasteiger partial charge in [-0.3, -0.25) is 14.4 Å². The van der Waals surface area contributed by atoms with E-state index in [4.69, 9.17) is 9.47 Å². The van der Waals surface area contributed by atoms with E-state index in [2.05, 4.69) is 10.6 Å². The van der Waals surface area contributed by atoms with E-state index >= 15 is 0 Å². The Bertz CT molecular complexity index is 974. The fourth-order valence-corrected chi connectivity index (χ4v) is 5.93. The topological polar surface area (TPSA) is 117 Å². The van der Waals surface area contributed by atoms with Gasteiger partial charge in [0.1, 0.15) is 17.4 Å². The number of hydrogen-bond acceptors (Lipinski definition) is 6. The van der Waals surface area contributed by atoms with Crippen molar-refractivity contribution in [2.75, 3.05) is 25.1 Å². The maximum Gasteiger partial charge on any atom is 0.246 e. The average molecular weight is 474 g/mol. The van der Waals surface area contributed by atoms with Gasteiger partial charge in [0.05, 0.1) is 30.7 Å². The largest absolute Gasteiger partial charge is 0.494 e. The molecule has 3 fully saturated rings. The zero-order valence-corrected chi connectivity index (χ0v) is 20.5. The number of nitrogens with one attached hydrogen (secondary N) is 2. The van der Waals surface area contributed by atoms with E-state index in [1.807, 2.05) is 34.6 Å². The fourth-order valence-electron chi connectivity index (χ4n) is 5.93. The van der Waals surface area contributed by atoms with Crippen molar-refractivity contribution in [2.24, 2.45) is 11.8 Å². The molecule has 1 aromatic carbocycles. The van der Waals surface area contributed by atoms with Crippen molar-refractivity contribution >= 4 is 23.4 Å². The average Bonchev–Trinajstić information content (AvgIpc) is 3.30. The number of ether oxygens (including phenoxy) is 2. The highest BCUT2D eigenvalue weighted by molar-refractivity contribution is 6.02. The number of amides is 3. The van der Waals surface area contributed by atoms with Gasteiger partial charge in [0.15, 0.2) is 0 Å². The maximum absolute atomic E-state index is 13.6. The summed E-state index contributed by atoms with van der Waals surface area (Å²) in [6.07, 6.45) is 1.06. The zero-order valence-electron chi connectivity index (χ0n) is 20.5. The van der Waals surface area contributed by atoms with Crippen LogP contribution in [0.4, 0.5) is 5.69 Å². The lowest BCUT2D eigenvalue weighted by Gasteiger charge is -2.35. The molecule has 3 N–H and O–H groups in total. The van der Waals surface area contributed by atoms with Crippen LogP contribution >= 0.6 is 0 Å². The number of rotatable bonds is 7. The highest BCUT2D eigenvalue weighted by Gasteiger charge is 2.77. The molecule has 2 unspecified atom stereocenters. The van der Waals surface area contributed by atoms with Gasteiger partial charge in [-0.25, -0.2) is 0 Å². The van der Waals surface area contributed by atoms with E-state index in [-0.39, 0.29) is 30.9 Å². The van der Waals surface area contributed by atoms with Gasteiger partial charge in [0.2, 0.25) is 17.7 Å². The SMILES string of the molecule is CCOc1ccc(NC(=O)[C@H]2[C@H]3C(=O)N(CCO)C(C(=O)NC(C)(C)C)C34CC[C@]2(C)O4)cc1. The molecule has 1 spiro atoms. The maximum atomic E-state index is 13.6. The second kappa shape index (κ2) is 8.53. The number of nitrogens with zero attached hydrogens (tertiary/aromatic N) is 1. The van der Waals surface area contributed by atoms with Crippen molar-refractivity contribution in [1.82, 2.24) is 10.2 Å². The molecular weight excluding hydrogens is 438 g/mol. The molecule has 1 aromatic rings. The van der Waals surface area contributed by atoms with Crippen molar-refractivity contribution < 1.29 is 29.0 Å². The van der Waals surface area contributed by atoms with Crippen molar-refractivity contribution in [1.29, 1.82) is 0 Å². The molecule has 3 aliphatic heterocycles. The molecule has 0 aliphatic carbocycles. The van der Waals surface area contributed by atoms with Gasteiger partial charge in [-0.15, -0.1) is 0 Å². The quantitative estimate of drug-likeness (QED) is 0.555. The molecule has 0 saturated carbocycles. The minimum Gasteiger partial charge on any atom is -0.494 e. The highest BCUT2D eigenvalue weighted by atomic mass is 16.5. The molecule has 186 valence electrons. The first-order valence-corrected chi connectivity index (χ1v) is 11.9. The zero-order chi connectivity index (χ0) is 24.9. The molecule has 5 atom stereocenters. The number of aliphatic hydroxyl groups is 1. The minimum absolute atomic E-state index is 0.00656. The summed E-state index contributed by atoms with van der Waals surface area (Å²) in [6, 6.07) is 6.15. The number of likely N-dealkylation sites (tertiary alicyclic amines) is 1. The lowest BCUT2D eigenvalue weighted by Crippen LogP contribution is -2.58. The summed E-state index contributed by atoms with van der Waals surface area (Å²) in [4.78, 5) is 42.0. The Balaban J connectivity index is 1.65. The Morgan fingerprint density at radius 1 is 1.21 bits per heavy atom. The fraction of sp³-hybridized carbons (Fsp3) is 0.640. The molecule has 3 heterocycles. The van der Waals surface area contributed by atoms with Gasteiger partial charge in [-0.1, -0.05) is 0 Å². The normalized spacial score (nSPS) is 32.0. The van der Waals surface area contributed by atoms with Gasteiger partial charge < -0.3 is 30.1 Å². The highest BCUT2D eigenvalue weighted by Crippen LogP contribution is 2.63. The third-order valence-electron chi connectivity index (χ3n) is 7.08. The number of β-amino-alcohol motifs (C(OH)–C–C–N with tert-alkyl or cyclic N) is 1. The monoisotopic (exact) mass is 473 g/mol. The third kappa shape index (κ3) is 3.94. The Hall–Kier alpha value is -2.65. The molecule has 0 radical (unpaired) electrons. The van der Waals surface area contributed by atoms with Crippen LogP contribution in [0, 0.1) is 11.8 Å². The summed E-state index contributed by atoms with van der Waals surface area (Å²) in [7, 11) is 0. The predicted molar refractivity (Wildman–Crippen MR) is 125 cm³/mol. The van der Waals surface area contributed by atoms with E-state index in [1.54, 1.807) is 24.3 Å². The van der Waals surface area contributed by atoms with Crippen LogP contribution in [-0.4, -0.2) is 70.3 Å². The lowest BCUT2D eigenvalue weighted by atomic mass is 9.66. The van der Waals surface area contributed by atoms with Gasteiger partial charge in [0, 0.05) is 17.8 Å². The Morgan fingerprint density at radius 3 is 2.47 bits per heavy atom. The van der Waals surface area contributed by atoms with Crippen LogP contribution in [0.2, 0.25) is 0 Å². The van der Waals surface area contributed by atoms with Crippen LogP contribution in [0.5, 0.6) is 5.75 Å². The van der Waals surface area contributed by atoms with E-state index in [9.17, 15) is 19.5 Å². The smallest absolute Gasteiger partial charge is 0.246 e. The van der Waals surface area contributed by atoms with Crippen LogP contribution in [0.15, 0.2) is 24.3 Å². The van der Waals surface area contributed by atoms with Crippen LogP contribution in [0.3, 0.4) is 0 Å². The Kier molecular flexibility index (Phi) is 6.14. The van der Waals surface area contributed by atoms with Gasteiger partial charge in [0.25, 0.3) is 0 Å². The van der Waals surface area contributed by atoms with Gasteiger partial charge in [-0.05, 0) is 71.7 Å². The number of aliphatic hydroxyl groups excluding tert-OH is 1. The standard InChI is InChI=1S/C25H35N3O6/c1-6-33-16-9-7-15(8-10-16)26-20(30)17-18-22(32)28(13-14-29)19(21(31)27-23(2,3)4)25(18)12-11-24(17,5)34-25/h7-10,17-19,29H,6,11-14H2,1-5H3,(H,26,30)(H,27,31)/t17-,18+,19?,24+,25?/m1/s1. The van der Waals surface area contributed by atoms with Gasteiger partial charge in [-0.2, -0.15) is 0 Å². The first-order valence-electron chi connectivity index (χ1n) is 11.9. The molecule has 3 saturated heterocycles. The molecule has 3 aliphatic rings. The summed E-state index contributed by atoms with van der Waals surface area (Å²) in [5.41, 5.74) is -1.88. The minimum atomic E-state index is -1.10. The van der Waals surface area contributed by atoms with Crippen LogP contribution in [0.25, 0.3) is 0 Å². The number of anilines is 1. The molecule has 4 rings (SSSR count). The molecule has 2 bridgehead atoms. The number of carbonyl (C=O) groups excluding carboxylic acids is 3. The summed E-state index contributed by atoms with van der Waals surface area (Å²) in [5.74, 6) is -1.81. The predicted octanol–water partition coefficient (Wildman–Crippen LogP) is 1.70. The molecule has 0 aromatic heterocycles. The first-order chi connectivity index (χ1) is 16.0.